The lowest BCUT2D eigenvalue weighted by atomic mass is 9.96. The summed E-state index contributed by atoms with van der Waals surface area (Å²) in [6.45, 7) is 8.67. The van der Waals surface area contributed by atoms with Gasteiger partial charge in [-0.25, -0.2) is 0 Å². The molecule has 0 radical (unpaired) electrons. The number of benzene rings is 1. The normalized spacial score (nSPS) is 17.1. The van der Waals surface area contributed by atoms with E-state index in [-0.39, 0.29) is 17.4 Å². The minimum absolute atomic E-state index is 0.0439. The number of anilines is 1. The maximum atomic E-state index is 11.9. The van der Waals surface area contributed by atoms with E-state index in [2.05, 4.69) is 25.8 Å². The van der Waals surface area contributed by atoms with E-state index in [1.807, 2.05) is 39.0 Å². The lowest BCUT2D eigenvalue weighted by Crippen LogP contribution is -2.47. The second-order valence-corrected chi connectivity index (χ2v) is 8.15. The fraction of sp³-hybridized carbons (Fsp3) is 0.619. The number of nitrogens with zero attached hydrogens (tertiary/aromatic N) is 2. The van der Waals surface area contributed by atoms with Gasteiger partial charge in [0.1, 0.15) is 11.5 Å². The van der Waals surface area contributed by atoms with E-state index in [0.717, 1.165) is 42.7 Å². The SMILES string of the molecule is CN=C(NCCNC(=O)C(C)(C)C)NC1CCN(c2cc(OC)cc(OC)c2)C1. The maximum absolute atomic E-state index is 11.9. The standard InChI is InChI=1S/C21H35N5O3/c1-21(2,3)19(27)23-8-9-24-20(22-4)25-15-7-10-26(14-15)16-11-17(28-5)13-18(12-16)29-6/h11-13,15H,7-10,14H2,1-6H3,(H,23,27)(H2,22,24,25). The molecule has 8 heteroatoms. The molecule has 0 spiro atoms. The number of guanidine groups is 1. The van der Waals surface area contributed by atoms with E-state index in [4.69, 9.17) is 9.47 Å². The number of amides is 1. The molecule has 1 aliphatic rings. The van der Waals surface area contributed by atoms with Crippen LogP contribution in [0.1, 0.15) is 27.2 Å². The Hall–Kier alpha value is -2.64. The van der Waals surface area contributed by atoms with Gasteiger partial charge in [-0.05, 0) is 6.42 Å². The molecule has 0 aromatic heterocycles. The van der Waals surface area contributed by atoms with Gasteiger partial charge in [0.2, 0.25) is 5.91 Å². The topological polar surface area (TPSA) is 87.2 Å². The van der Waals surface area contributed by atoms with Gasteiger partial charge in [-0.1, -0.05) is 20.8 Å². The zero-order chi connectivity index (χ0) is 21.4. The summed E-state index contributed by atoms with van der Waals surface area (Å²) in [5.41, 5.74) is 0.703. The highest BCUT2D eigenvalue weighted by Crippen LogP contribution is 2.30. The lowest BCUT2D eigenvalue weighted by Gasteiger charge is -2.22. The molecule has 1 amide bonds. The first-order chi connectivity index (χ1) is 13.8. The summed E-state index contributed by atoms with van der Waals surface area (Å²) >= 11 is 0. The molecular formula is C21H35N5O3. The van der Waals surface area contributed by atoms with Crippen molar-refractivity contribution in [2.24, 2.45) is 10.4 Å². The molecule has 0 saturated carbocycles. The number of aliphatic imine (C=N–C) groups is 1. The van der Waals surface area contributed by atoms with E-state index < -0.39 is 0 Å². The number of hydrogen-bond donors (Lipinski definition) is 3. The molecule has 1 saturated heterocycles. The summed E-state index contributed by atoms with van der Waals surface area (Å²) < 4.78 is 10.8. The Morgan fingerprint density at radius 2 is 1.76 bits per heavy atom. The van der Waals surface area contributed by atoms with Gasteiger partial charge in [-0.3, -0.25) is 9.79 Å². The first kappa shape index (κ1) is 22.6. The van der Waals surface area contributed by atoms with Gasteiger partial charge in [0, 0.05) is 68.6 Å². The van der Waals surface area contributed by atoms with Gasteiger partial charge in [-0.15, -0.1) is 0 Å². The molecule has 0 bridgehead atoms. The van der Waals surface area contributed by atoms with Crippen LogP contribution in [0.15, 0.2) is 23.2 Å². The van der Waals surface area contributed by atoms with Crippen LogP contribution in [0.5, 0.6) is 11.5 Å². The average molecular weight is 406 g/mol. The van der Waals surface area contributed by atoms with Crippen molar-refractivity contribution in [3.8, 4) is 11.5 Å². The largest absolute Gasteiger partial charge is 0.497 e. The van der Waals surface area contributed by atoms with Crippen molar-refractivity contribution < 1.29 is 14.3 Å². The minimum atomic E-state index is -0.379. The van der Waals surface area contributed by atoms with Crippen LogP contribution in [0.3, 0.4) is 0 Å². The Morgan fingerprint density at radius 1 is 1.14 bits per heavy atom. The predicted molar refractivity (Wildman–Crippen MR) is 117 cm³/mol. The van der Waals surface area contributed by atoms with Crippen LogP contribution in [-0.2, 0) is 4.79 Å². The van der Waals surface area contributed by atoms with Crippen LogP contribution < -0.4 is 30.3 Å². The third-order valence-corrected chi connectivity index (χ3v) is 4.84. The van der Waals surface area contributed by atoms with E-state index >= 15 is 0 Å². The molecule has 3 N–H and O–H groups in total. The van der Waals surface area contributed by atoms with Gasteiger partial charge in [0.15, 0.2) is 5.96 Å². The second-order valence-electron chi connectivity index (χ2n) is 8.15. The smallest absolute Gasteiger partial charge is 0.225 e. The van der Waals surface area contributed by atoms with Crippen LogP contribution in [0.25, 0.3) is 0 Å². The molecule has 162 valence electrons. The van der Waals surface area contributed by atoms with E-state index in [9.17, 15) is 4.79 Å². The van der Waals surface area contributed by atoms with Crippen molar-refractivity contribution in [1.82, 2.24) is 16.0 Å². The molecule has 2 rings (SSSR count). The van der Waals surface area contributed by atoms with Gasteiger partial charge in [-0.2, -0.15) is 0 Å². The number of ether oxygens (including phenoxy) is 2. The van der Waals surface area contributed by atoms with Crippen molar-refractivity contribution in [3.63, 3.8) is 0 Å². The Labute approximate surface area is 174 Å². The van der Waals surface area contributed by atoms with Crippen LogP contribution in [-0.4, -0.2) is 65.4 Å². The monoisotopic (exact) mass is 405 g/mol. The van der Waals surface area contributed by atoms with E-state index in [0.29, 0.717) is 13.1 Å². The van der Waals surface area contributed by atoms with Crippen molar-refractivity contribution in [1.29, 1.82) is 0 Å². The molecule has 1 unspecified atom stereocenters. The molecule has 1 fully saturated rings. The molecular weight excluding hydrogens is 370 g/mol. The highest BCUT2D eigenvalue weighted by molar-refractivity contribution is 5.82. The van der Waals surface area contributed by atoms with E-state index in [1.54, 1.807) is 21.3 Å². The highest BCUT2D eigenvalue weighted by Gasteiger charge is 2.24. The van der Waals surface area contributed by atoms with Crippen molar-refractivity contribution in [2.75, 3.05) is 52.3 Å². The fourth-order valence-corrected chi connectivity index (χ4v) is 3.10. The molecule has 1 aliphatic heterocycles. The molecule has 1 heterocycles. The summed E-state index contributed by atoms with van der Waals surface area (Å²) in [6, 6.07) is 6.20. The highest BCUT2D eigenvalue weighted by atomic mass is 16.5. The Bertz CT molecular complexity index is 693. The van der Waals surface area contributed by atoms with Crippen LogP contribution in [0, 0.1) is 5.41 Å². The minimum Gasteiger partial charge on any atom is -0.497 e. The summed E-state index contributed by atoms with van der Waals surface area (Å²) in [4.78, 5) is 18.5. The number of hydrogen-bond acceptors (Lipinski definition) is 5. The maximum Gasteiger partial charge on any atom is 0.225 e. The number of methoxy groups -OCH3 is 2. The Kier molecular flexibility index (Phi) is 7.99. The molecule has 1 aromatic carbocycles. The average Bonchev–Trinajstić information content (AvgIpc) is 3.17. The first-order valence-corrected chi connectivity index (χ1v) is 10.0. The van der Waals surface area contributed by atoms with Crippen molar-refractivity contribution in [2.45, 2.75) is 33.2 Å². The second kappa shape index (κ2) is 10.2. The molecule has 8 nitrogen and oxygen atoms in total. The molecule has 29 heavy (non-hydrogen) atoms. The van der Waals surface area contributed by atoms with Crippen LogP contribution in [0.2, 0.25) is 0 Å². The Morgan fingerprint density at radius 3 is 2.31 bits per heavy atom. The first-order valence-electron chi connectivity index (χ1n) is 10.0. The molecule has 1 atom stereocenters. The molecule has 0 aliphatic carbocycles. The van der Waals surface area contributed by atoms with Crippen LogP contribution >= 0.6 is 0 Å². The summed E-state index contributed by atoms with van der Waals surface area (Å²) in [6.07, 6.45) is 1.00. The fourth-order valence-electron chi connectivity index (χ4n) is 3.10. The number of rotatable bonds is 7. The third-order valence-electron chi connectivity index (χ3n) is 4.84. The predicted octanol–water partition coefficient (Wildman–Crippen LogP) is 1.61. The van der Waals surface area contributed by atoms with Gasteiger partial charge < -0.3 is 30.3 Å². The zero-order valence-corrected chi connectivity index (χ0v) is 18.5. The van der Waals surface area contributed by atoms with Crippen LogP contribution in [0.4, 0.5) is 5.69 Å². The molecule has 1 aromatic rings. The summed E-state index contributed by atoms with van der Waals surface area (Å²) in [5, 5.41) is 9.65. The summed E-state index contributed by atoms with van der Waals surface area (Å²) in [7, 11) is 5.07. The number of carbonyl (C=O) groups excluding carboxylic acids is 1. The van der Waals surface area contributed by atoms with Gasteiger partial charge in [0.25, 0.3) is 0 Å². The van der Waals surface area contributed by atoms with E-state index in [1.165, 1.54) is 0 Å². The zero-order valence-electron chi connectivity index (χ0n) is 18.5. The van der Waals surface area contributed by atoms with Crippen molar-refractivity contribution >= 4 is 17.6 Å². The van der Waals surface area contributed by atoms with Gasteiger partial charge >= 0.3 is 0 Å². The van der Waals surface area contributed by atoms with Gasteiger partial charge in [0.05, 0.1) is 14.2 Å². The summed E-state index contributed by atoms with van der Waals surface area (Å²) in [5.74, 6) is 2.35. The Balaban J connectivity index is 1.83. The van der Waals surface area contributed by atoms with Crippen molar-refractivity contribution in [3.05, 3.63) is 18.2 Å². The number of carbonyl (C=O) groups is 1. The number of nitrogens with one attached hydrogen (secondary N) is 3. The quantitative estimate of drug-likeness (QED) is 0.363. The third kappa shape index (κ3) is 6.73. The lowest BCUT2D eigenvalue weighted by molar-refractivity contribution is -0.128.